The lowest BCUT2D eigenvalue weighted by Gasteiger charge is -2.10. The fourth-order valence-electron chi connectivity index (χ4n) is 3.00. The average molecular weight is 441 g/mol. The van der Waals surface area contributed by atoms with Gasteiger partial charge in [-0.2, -0.15) is 8.75 Å². The molecule has 154 valence electrons. The largest absolute Gasteiger partial charge is 0.383 e. The summed E-state index contributed by atoms with van der Waals surface area (Å²) in [5.74, 6) is 0.822. The monoisotopic (exact) mass is 440 g/mol. The number of methoxy groups -OCH3 is 1. The topological polar surface area (TPSA) is 94.8 Å². The number of rotatable bonds is 8. The molecule has 1 N–H and O–H groups in total. The van der Waals surface area contributed by atoms with Crippen LogP contribution in [0.3, 0.4) is 0 Å². The van der Waals surface area contributed by atoms with Gasteiger partial charge in [-0.1, -0.05) is 41.6 Å². The average Bonchev–Trinajstić information content (AvgIpc) is 3.38. The Hall–Kier alpha value is -2.82. The predicted octanol–water partition coefficient (Wildman–Crippen LogP) is 3.64. The first-order valence-corrected chi connectivity index (χ1v) is 11.0. The van der Waals surface area contributed by atoms with E-state index in [1.165, 1.54) is 11.8 Å². The molecule has 0 spiro atoms. The lowest BCUT2D eigenvalue weighted by molar-refractivity contribution is -0.113. The van der Waals surface area contributed by atoms with E-state index in [9.17, 15) is 4.79 Å². The van der Waals surface area contributed by atoms with E-state index in [0.29, 0.717) is 29.5 Å². The highest BCUT2D eigenvalue weighted by molar-refractivity contribution is 7.99. The van der Waals surface area contributed by atoms with Crippen LogP contribution >= 0.6 is 23.5 Å². The van der Waals surface area contributed by atoms with Gasteiger partial charge in [-0.05, 0) is 25.1 Å². The molecule has 2 aromatic heterocycles. The molecule has 30 heavy (non-hydrogen) atoms. The molecule has 8 nitrogen and oxygen atoms in total. The van der Waals surface area contributed by atoms with Crippen molar-refractivity contribution in [3.8, 4) is 11.4 Å². The molecule has 0 aliphatic carbocycles. The lowest BCUT2D eigenvalue weighted by atomic mass is 10.1. The van der Waals surface area contributed by atoms with Crippen LogP contribution in [0.2, 0.25) is 0 Å². The first-order chi connectivity index (χ1) is 14.7. The summed E-state index contributed by atoms with van der Waals surface area (Å²) in [6.07, 6.45) is 0. The lowest BCUT2D eigenvalue weighted by Crippen LogP contribution is -2.15. The van der Waals surface area contributed by atoms with Crippen LogP contribution in [0.15, 0.2) is 47.6 Å². The SMILES string of the molecule is COCCn1c(SCC(=O)Nc2cccc3nsnc23)nnc1-c1cccc(C)c1. The molecule has 0 aliphatic heterocycles. The zero-order valence-corrected chi connectivity index (χ0v) is 18.2. The molecule has 1 amide bonds. The predicted molar refractivity (Wildman–Crippen MR) is 119 cm³/mol. The zero-order chi connectivity index (χ0) is 20.9. The third kappa shape index (κ3) is 4.50. The fraction of sp³-hybridized carbons (Fsp3) is 0.250. The maximum absolute atomic E-state index is 12.5. The number of hydrogen-bond acceptors (Lipinski definition) is 8. The normalized spacial score (nSPS) is 11.1. The Morgan fingerprint density at radius 2 is 2.07 bits per heavy atom. The number of fused-ring (bicyclic) bond motifs is 1. The summed E-state index contributed by atoms with van der Waals surface area (Å²) in [6, 6.07) is 13.6. The van der Waals surface area contributed by atoms with Gasteiger partial charge >= 0.3 is 0 Å². The second-order valence-electron chi connectivity index (χ2n) is 6.59. The maximum atomic E-state index is 12.5. The minimum atomic E-state index is -0.140. The van der Waals surface area contributed by atoms with Gasteiger partial charge in [-0.3, -0.25) is 9.36 Å². The highest BCUT2D eigenvalue weighted by Gasteiger charge is 2.16. The summed E-state index contributed by atoms with van der Waals surface area (Å²) in [7, 11) is 1.66. The number of ether oxygens (including phenoxy) is 1. The molecule has 0 aliphatic rings. The molecule has 0 atom stereocenters. The molecular formula is C20H20N6O2S2. The Kier molecular flexibility index (Phi) is 6.36. The van der Waals surface area contributed by atoms with Gasteiger partial charge in [0.2, 0.25) is 5.91 Å². The number of hydrogen-bond donors (Lipinski definition) is 1. The number of anilines is 1. The molecular weight excluding hydrogens is 420 g/mol. The molecule has 10 heteroatoms. The molecule has 0 saturated carbocycles. The van der Waals surface area contributed by atoms with E-state index >= 15 is 0 Å². The molecule has 4 aromatic rings. The molecule has 0 saturated heterocycles. The minimum absolute atomic E-state index is 0.140. The summed E-state index contributed by atoms with van der Waals surface area (Å²) >= 11 is 2.47. The van der Waals surface area contributed by atoms with Crippen LogP contribution in [0.1, 0.15) is 5.56 Å². The van der Waals surface area contributed by atoms with Crippen LogP contribution in [0, 0.1) is 6.92 Å². The summed E-state index contributed by atoms with van der Waals surface area (Å²) in [5, 5.41) is 12.3. The molecule has 0 unspecified atom stereocenters. The van der Waals surface area contributed by atoms with E-state index in [2.05, 4.69) is 30.3 Å². The van der Waals surface area contributed by atoms with Crippen LogP contribution in [0.5, 0.6) is 0 Å². The highest BCUT2D eigenvalue weighted by Crippen LogP contribution is 2.26. The Bertz CT molecular complexity index is 1170. The number of aryl methyl sites for hydroxylation is 1. The van der Waals surface area contributed by atoms with E-state index in [1.807, 2.05) is 47.9 Å². The number of thioether (sulfide) groups is 1. The Morgan fingerprint density at radius 1 is 1.20 bits per heavy atom. The van der Waals surface area contributed by atoms with E-state index in [4.69, 9.17) is 4.74 Å². The molecule has 0 radical (unpaired) electrons. The van der Waals surface area contributed by atoms with E-state index in [0.717, 1.165) is 34.2 Å². The van der Waals surface area contributed by atoms with Crippen molar-refractivity contribution in [2.45, 2.75) is 18.6 Å². The first-order valence-electron chi connectivity index (χ1n) is 9.29. The Balaban J connectivity index is 1.50. The van der Waals surface area contributed by atoms with Crippen molar-refractivity contribution in [3.05, 3.63) is 48.0 Å². The van der Waals surface area contributed by atoms with E-state index in [-0.39, 0.29) is 11.7 Å². The van der Waals surface area contributed by atoms with Gasteiger partial charge in [0.15, 0.2) is 11.0 Å². The number of aromatic nitrogens is 5. The van der Waals surface area contributed by atoms with Gasteiger partial charge in [0.05, 0.1) is 36.3 Å². The number of carbonyl (C=O) groups is 1. The smallest absolute Gasteiger partial charge is 0.234 e. The third-order valence-corrected chi connectivity index (χ3v) is 5.91. The van der Waals surface area contributed by atoms with E-state index in [1.54, 1.807) is 7.11 Å². The number of nitrogens with one attached hydrogen (secondary N) is 1. The zero-order valence-electron chi connectivity index (χ0n) is 16.5. The summed E-state index contributed by atoms with van der Waals surface area (Å²) in [5.41, 5.74) is 4.26. The molecule has 2 aromatic carbocycles. The number of carbonyl (C=O) groups excluding carboxylic acids is 1. The summed E-state index contributed by atoms with van der Waals surface area (Å²) in [4.78, 5) is 12.5. The third-order valence-electron chi connectivity index (χ3n) is 4.40. The quantitative estimate of drug-likeness (QED) is 0.418. The second-order valence-corrected chi connectivity index (χ2v) is 8.07. The fourth-order valence-corrected chi connectivity index (χ4v) is 4.31. The molecule has 0 fully saturated rings. The number of benzene rings is 2. The molecule has 0 bridgehead atoms. The summed E-state index contributed by atoms with van der Waals surface area (Å²) in [6.45, 7) is 3.16. The Morgan fingerprint density at radius 3 is 2.90 bits per heavy atom. The van der Waals surface area contributed by atoms with Gasteiger partial charge < -0.3 is 10.1 Å². The van der Waals surface area contributed by atoms with Gasteiger partial charge in [-0.15, -0.1) is 10.2 Å². The first kappa shape index (κ1) is 20.5. The van der Waals surface area contributed by atoms with Crippen LogP contribution in [0.25, 0.3) is 22.4 Å². The standard InChI is InChI=1S/C20H20N6O2S2/c1-13-5-3-6-14(11-13)19-22-23-20(26(19)9-10-28-2)29-12-17(27)21-15-7-4-8-16-18(15)25-30-24-16/h3-8,11H,9-10,12H2,1-2H3,(H,21,27). The van der Waals surface area contributed by atoms with E-state index < -0.39 is 0 Å². The van der Waals surface area contributed by atoms with Crippen LogP contribution in [0.4, 0.5) is 5.69 Å². The second kappa shape index (κ2) is 9.33. The van der Waals surface area contributed by atoms with Crippen molar-refractivity contribution in [2.24, 2.45) is 0 Å². The van der Waals surface area contributed by atoms with Crippen LogP contribution in [-0.2, 0) is 16.1 Å². The van der Waals surface area contributed by atoms with Crippen molar-refractivity contribution in [1.29, 1.82) is 0 Å². The number of amides is 1. The van der Waals surface area contributed by atoms with Gasteiger partial charge in [-0.25, -0.2) is 0 Å². The van der Waals surface area contributed by atoms with Crippen molar-refractivity contribution >= 4 is 46.1 Å². The van der Waals surface area contributed by atoms with Gasteiger partial charge in [0, 0.05) is 12.7 Å². The van der Waals surface area contributed by atoms with Crippen molar-refractivity contribution in [2.75, 3.05) is 24.8 Å². The summed E-state index contributed by atoms with van der Waals surface area (Å²) < 4.78 is 15.7. The van der Waals surface area contributed by atoms with Crippen LogP contribution in [-0.4, -0.2) is 48.9 Å². The van der Waals surface area contributed by atoms with Gasteiger partial charge in [0.25, 0.3) is 0 Å². The Labute approximate surface area is 182 Å². The van der Waals surface area contributed by atoms with Crippen molar-refractivity contribution in [1.82, 2.24) is 23.5 Å². The minimum Gasteiger partial charge on any atom is -0.383 e. The maximum Gasteiger partial charge on any atom is 0.234 e. The highest BCUT2D eigenvalue weighted by atomic mass is 32.2. The van der Waals surface area contributed by atoms with Crippen molar-refractivity contribution in [3.63, 3.8) is 0 Å². The molecule has 2 heterocycles. The van der Waals surface area contributed by atoms with Crippen LogP contribution < -0.4 is 5.32 Å². The van der Waals surface area contributed by atoms with Crippen molar-refractivity contribution < 1.29 is 9.53 Å². The number of nitrogens with zero attached hydrogens (tertiary/aromatic N) is 5. The van der Waals surface area contributed by atoms with Gasteiger partial charge in [0.1, 0.15) is 11.0 Å². The molecule has 4 rings (SSSR count).